The third-order valence-corrected chi connectivity index (χ3v) is 8.27. The number of hydrogen-bond donors (Lipinski definition) is 1. The van der Waals surface area contributed by atoms with Crippen LogP contribution in [-0.4, -0.2) is 38.3 Å². The van der Waals surface area contributed by atoms with Gasteiger partial charge in [-0.25, -0.2) is 9.07 Å². The van der Waals surface area contributed by atoms with E-state index in [9.17, 15) is 17.6 Å². The molecule has 5 heterocycles. The SMILES string of the molecule is Cc1cc(N2C[C@H]3C[C@@H](C2)C3Nc2nc3n(n2)CCCC3c2ccc(F)c(C(F)(F)F)c2)sn1. The van der Waals surface area contributed by atoms with E-state index in [0.717, 1.165) is 43.8 Å². The normalized spacial score (nSPS) is 26.2. The van der Waals surface area contributed by atoms with E-state index < -0.39 is 17.6 Å². The molecule has 4 aliphatic rings. The zero-order valence-corrected chi connectivity index (χ0v) is 19.3. The molecular weight excluding hydrogens is 468 g/mol. The molecule has 2 bridgehead atoms. The highest BCUT2D eigenvalue weighted by Gasteiger charge is 2.47. The van der Waals surface area contributed by atoms with Crippen molar-refractivity contribution in [1.82, 2.24) is 19.1 Å². The molecule has 2 saturated heterocycles. The number of anilines is 2. The quantitative estimate of drug-likeness (QED) is 0.516. The number of alkyl halides is 3. The maximum Gasteiger partial charge on any atom is 0.419 e. The van der Waals surface area contributed by atoms with Crippen molar-refractivity contribution in [3.8, 4) is 0 Å². The Morgan fingerprint density at radius 2 is 1.94 bits per heavy atom. The third-order valence-electron chi connectivity index (χ3n) is 7.33. The fourth-order valence-electron chi connectivity index (χ4n) is 5.66. The Morgan fingerprint density at radius 1 is 1.15 bits per heavy atom. The summed E-state index contributed by atoms with van der Waals surface area (Å²) in [6, 6.07) is 5.67. The average molecular weight is 493 g/mol. The number of aryl methyl sites for hydroxylation is 2. The minimum atomic E-state index is -4.73. The second-order valence-corrected chi connectivity index (χ2v) is 10.4. The van der Waals surface area contributed by atoms with E-state index in [1.165, 1.54) is 22.6 Å². The van der Waals surface area contributed by atoms with Gasteiger partial charge < -0.3 is 10.2 Å². The number of nitrogens with zero attached hydrogens (tertiary/aromatic N) is 5. The second-order valence-electron chi connectivity index (χ2n) is 9.59. The van der Waals surface area contributed by atoms with Gasteiger partial charge >= 0.3 is 6.18 Å². The van der Waals surface area contributed by atoms with E-state index in [1.54, 1.807) is 4.68 Å². The maximum atomic E-state index is 13.8. The molecule has 1 saturated carbocycles. The van der Waals surface area contributed by atoms with E-state index in [1.807, 2.05) is 6.92 Å². The number of piperidine rings is 2. The molecule has 3 fully saturated rings. The lowest BCUT2D eigenvalue weighted by Crippen LogP contribution is -2.61. The zero-order valence-electron chi connectivity index (χ0n) is 18.5. The molecule has 0 amide bonds. The van der Waals surface area contributed by atoms with Crippen LogP contribution < -0.4 is 10.2 Å². The van der Waals surface area contributed by atoms with Gasteiger partial charge in [-0.1, -0.05) is 6.07 Å². The standard InChI is InChI=1S/C23H24F4N6S/c1-12-7-19(34-31-12)32-10-14-8-15(11-32)20(14)28-22-29-21-16(3-2-6-33(21)30-22)13-4-5-18(24)17(9-13)23(25,26)27/h4-5,7,9,14-16,20H,2-3,6,8,10-11H2,1H3,(H,28,30)/t14-,15+,16?,20?. The number of nitrogens with one attached hydrogen (secondary N) is 1. The van der Waals surface area contributed by atoms with E-state index in [0.29, 0.717) is 42.1 Å². The van der Waals surface area contributed by atoms with Crippen molar-refractivity contribution >= 4 is 22.5 Å². The van der Waals surface area contributed by atoms with Crippen molar-refractivity contribution in [2.24, 2.45) is 11.8 Å². The van der Waals surface area contributed by atoms with Gasteiger partial charge in [0, 0.05) is 31.6 Å². The van der Waals surface area contributed by atoms with Crippen LogP contribution in [0.25, 0.3) is 0 Å². The van der Waals surface area contributed by atoms with E-state index in [-0.39, 0.29) is 12.0 Å². The minimum absolute atomic E-state index is 0.288. The lowest BCUT2D eigenvalue weighted by atomic mass is 9.66. The molecule has 1 aromatic carbocycles. The van der Waals surface area contributed by atoms with Crippen molar-refractivity contribution in [2.45, 2.75) is 50.9 Å². The first-order valence-electron chi connectivity index (χ1n) is 11.5. The van der Waals surface area contributed by atoms with E-state index in [4.69, 9.17) is 4.98 Å². The molecule has 1 N–H and O–H groups in total. The average Bonchev–Trinajstić information content (AvgIpc) is 3.43. The first-order chi connectivity index (χ1) is 16.3. The molecule has 34 heavy (non-hydrogen) atoms. The van der Waals surface area contributed by atoms with Crippen LogP contribution in [0.2, 0.25) is 0 Å². The summed E-state index contributed by atoms with van der Waals surface area (Å²) in [5.74, 6) is 0.550. The molecule has 2 unspecified atom stereocenters. The Kier molecular flexibility index (Phi) is 5.09. The van der Waals surface area contributed by atoms with Gasteiger partial charge in [-0.2, -0.15) is 22.5 Å². The van der Waals surface area contributed by atoms with Gasteiger partial charge in [-0.15, -0.1) is 5.10 Å². The highest BCUT2D eigenvalue weighted by atomic mass is 32.1. The van der Waals surface area contributed by atoms with Gasteiger partial charge in [0.15, 0.2) is 0 Å². The van der Waals surface area contributed by atoms with Crippen molar-refractivity contribution in [3.05, 3.63) is 52.7 Å². The van der Waals surface area contributed by atoms with E-state index in [2.05, 4.69) is 25.8 Å². The van der Waals surface area contributed by atoms with Gasteiger partial charge in [0.05, 0.1) is 11.3 Å². The highest BCUT2D eigenvalue weighted by Crippen LogP contribution is 2.44. The van der Waals surface area contributed by atoms with Crippen LogP contribution in [0.3, 0.4) is 0 Å². The Hall–Kier alpha value is -2.69. The molecule has 4 atom stereocenters. The molecule has 11 heteroatoms. The summed E-state index contributed by atoms with van der Waals surface area (Å²) in [5.41, 5.74) is 0.229. The van der Waals surface area contributed by atoms with E-state index >= 15 is 0 Å². The summed E-state index contributed by atoms with van der Waals surface area (Å²) < 4.78 is 59.7. The van der Waals surface area contributed by atoms with Crippen LogP contribution in [0.1, 0.15) is 47.8 Å². The van der Waals surface area contributed by atoms with Gasteiger partial charge in [0.2, 0.25) is 5.95 Å². The summed E-state index contributed by atoms with van der Waals surface area (Å²) in [6.07, 6.45) is -2.14. The zero-order chi connectivity index (χ0) is 23.6. The van der Waals surface area contributed by atoms with Crippen LogP contribution in [0, 0.1) is 24.6 Å². The van der Waals surface area contributed by atoms with Crippen molar-refractivity contribution in [2.75, 3.05) is 23.3 Å². The summed E-state index contributed by atoms with van der Waals surface area (Å²) in [4.78, 5) is 7.10. The Balaban J connectivity index is 1.20. The van der Waals surface area contributed by atoms with Crippen LogP contribution in [0.15, 0.2) is 24.3 Å². The summed E-state index contributed by atoms with van der Waals surface area (Å²) in [5, 5.41) is 9.34. The predicted molar refractivity (Wildman–Crippen MR) is 121 cm³/mol. The van der Waals surface area contributed by atoms with Crippen molar-refractivity contribution in [1.29, 1.82) is 0 Å². The lowest BCUT2D eigenvalue weighted by Gasteiger charge is -2.53. The molecule has 6 nitrogen and oxygen atoms in total. The van der Waals surface area contributed by atoms with Gasteiger partial charge in [-0.3, -0.25) is 0 Å². The summed E-state index contributed by atoms with van der Waals surface area (Å²) in [7, 11) is 0. The largest absolute Gasteiger partial charge is 0.419 e. The molecule has 3 aromatic rings. The fourth-order valence-corrected chi connectivity index (χ4v) is 6.43. The number of halogens is 4. The van der Waals surface area contributed by atoms with Gasteiger partial charge in [0.1, 0.15) is 16.6 Å². The Morgan fingerprint density at radius 3 is 2.65 bits per heavy atom. The van der Waals surface area contributed by atoms with Crippen LogP contribution in [0.4, 0.5) is 28.5 Å². The monoisotopic (exact) mass is 492 g/mol. The van der Waals surface area contributed by atoms with Gasteiger partial charge in [0.25, 0.3) is 0 Å². The molecule has 0 radical (unpaired) electrons. The lowest BCUT2D eigenvalue weighted by molar-refractivity contribution is -0.140. The van der Waals surface area contributed by atoms with Crippen LogP contribution >= 0.6 is 11.5 Å². The first kappa shape index (κ1) is 21.8. The first-order valence-corrected chi connectivity index (χ1v) is 12.3. The minimum Gasteiger partial charge on any atom is -0.361 e. The van der Waals surface area contributed by atoms with Crippen LogP contribution in [-0.2, 0) is 12.7 Å². The van der Waals surface area contributed by atoms with Gasteiger partial charge in [-0.05, 0) is 73.3 Å². The summed E-state index contributed by atoms with van der Waals surface area (Å²) >= 11 is 1.54. The molecule has 3 aliphatic heterocycles. The number of aromatic nitrogens is 4. The molecule has 7 rings (SSSR count). The maximum absolute atomic E-state index is 13.8. The Bertz CT molecular complexity index is 1210. The molecule has 2 aromatic heterocycles. The fraction of sp³-hybridized carbons (Fsp3) is 0.522. The third kappa shape index (κ3) is 3.73. The second kappa shape index (κ2) is 7.93. The van der Waals surface area contributed by atoms with Crippen molar-refractivity contribution < 1.29 is 17.6 Å². The number of benzene rings is 1. The van der Waals surface area contributed by atoms with Crippen LogP contribution in [0.5, 0.6) is 0 Å². The molecule has 0 spiro atoms. The smallest absolute Gasteiger partial charge is 0.361 e. The predicted octanol–water partition coefficient (Wildman–Crippen LogP) is 5.06. The molecule has 180 valence electrons. The summed E-state index contributed by atoms with van der Waals surface area (Å²) in [6.45, 7) is 4.60. The molecular formula is C23H24F4N6S. The highest BCUT2D eigenvalue weighted by molar-refractivity contribution is 7.10. The number of fused-ring (bicyclic) bond motifs is 3. The topological polar surface area (TPSA) is 58.9 Å². The molecule has 1 aliphatic carbocycles. The number of rotatable bonds is 4. The van der Waals surface area contributed by atoms with Crippen molar-refractivity contribution in [3.63, 3.8) is 0 Å². The number of hydrogen-bond acceptors (Lipinski definition) is 6. The Labute approximate surface area is 198 Å².